The summed E-state index contributed by atoms with van der Waals surface area (Å²) in [6.07, 6.45) is -4.47. The molecule has 27 heavy (non-hydrogen) atoms. The first-order valence-electron chi connectivity index (χ1n) is 7.75. The Labute approximate surface area is 151 Å². The van der Waals surface area contributed by atoms with Crippen LogP contribution in [0, 0.1) is 13.8 Å². The van der Waals surface area contributed by atoms with Crippen LogP contribution < -0.4 is 10.6 Å². The van der Waals surface area contributed by atoms with E-state index in [2.05, 4.69) is 25.8 Å². The second-order valence-electron chi connectivity index (χ2n) is 5.70. The Morgan fingerprint density at radius 3 is 2.56 bits per heavy atom. The van der Waals surface area contributed by atoms with E-state index in [-0.39, 0.29) is 23.1 Å². The zero-order valence-corrected chi connectivity index (χ0v) is 14.3. The number of nitrogens with one attached hydrogen (secondary N) is 2. The second-order valence-corrected chi connectivity index (χ2v) is 5.70. The molecule has 1 amide bonds. The Hall–Kier alpha value is -3.43. The maximum atomic E-state index is 12.8. The van der Waals surface area contributed by atoms with Gasteiger partial charge in [0.15, 0.2) is 5.82 Å². The first-order chi connectivity index (χ1) is 12.7. The van der Waals surface area contributed by atoms with Crippen molar-refractivity contribution in [2.24, 2.45) is 0 Å². The van der Waals surface area contributed by atoms with Crippen LogP contribution in [0.3, 0.4) is 0 Å². The van der Waals surface area contributed by atoms with Crippen molar-refractivity contribution in [2.45, 2.75) is 20.0 Å². The highest BCUT2D eigenvalue weighted by molar-refractivity contribution is 6.02. The Kier molecular flexibility index (Phi) is 4.80. The monoisotopic (exact) mass is 377 g/mol. The lowest BCUT2D eigenvalue weighted by Gasteiger charge is -2.11. The van der Waals surface area contributed by atoms with E-state index >= 15 is 0 Å². The highest BCUT2D eigenvalue weighted by atomic mass is 19.4. The van der Waals surface area contributed by atoms with Crippen molar-refractivity contribution < 1.29 is 22.5 Å². The van der Waals surface area contributed by atoms with E-state index in [1.165, 1.54) is 24.3 Å². The number of aryl methyl sites for hydroxylation is 2. The van der Waals surface area contributed by atoms with E-state index in [4.69, 9.17) is 4.52 Å². The summed E-state index contributed by atoms with van der Waals surface area (Å²) in [5, 5.41) is 8.85. The molecule has 0 unspecified atom stereocenters. The third-order valence-corrected chi connectivity index (χ3v) is 3.40. The third-order valence-electron chi connectivity index (χ3n) is 3.40. The highest BCUT2D eigenvalue weighted by Gasteiger charge is 2.30. The summed E-state index contributed by atoms with van der Waals surface area (Å²) in [4.78, 5) is 20.5. The largest absolute Gasteiger partial charge is 0.416 e. The highest BCUT2D eigenvalue weighted by Crippen LogP contribution is 2.31. The van der Waals surface area contributed by atoms with Crippen LogP contribution in [0.1, 0.15) is 27.5 Å². The van der Waals surface area contributed by atoms with E-state index in [0.29, 0.717) is 11.5 Å². The maximum absolute atomic E-state index is 12.8. The minimum atomic E-state index is -4.47. The van der Waals surface area contributed by atoms with Gasteiger partial charge in [0.25, 0.3) is 5.91 Å². The van der Waals surface area contributed by atoms with Gasteiger partial charge in [-0.05, 0) is 38.1 Å². The van der Waals surface area contributed by atoms with E-state index in [9.17, 15) is 18.0 Å². The number of rotatable bonds is 4. The number of nitrogens with zero attached hydrogens (tertiary/aromatic N) is 3. The van der Waals surface area contributed by atoms with Gasteiger partial charge in [-0.15, -0.1) is 0 Å². The molecule has 0 aliphatic heterocycles. The molecule has 3 aromatic rings. The molecule has 1 aromatic carbocycles. The van der Waals surface area contributed by atoms with Gasteiger partial charge in [0.05, 0.1) is 5.56 Å². The van der Waals surface area contributed by atoms with Gasteiger partial charge < -0.3 is 15.2 Å². The molecule has 0 aliphatic rings. The number of amides is 1. The third kappa shape index (κ3) is 4.60. The molecular formula is C17H14F3N5O2. The normalized spacial score (nSPS) is 11.3. The van der Waals surface area contributed by atoms with E-state index in [0.717, 1.165) is 12.1 Å². The zero-order valence-electron chi connectivity index (χ0n) is 14.3. The number of hydrogen-bond donors (Lipinski definition) is 2. The summed E-state index contributed by atoms with van der Waals surface area (Å²) in [6.45, 7) is 3.31. The van der Waals surface area contributed by atoms with Crippen molar-refractivity contribution in [2.75, 3.05) is 10.6 Å². The Balaban J connectivity index is 1.82. The van der Waals surface area contributed by atoms with Crippen molar-refractivity contribution in [1.29, 1.82) is 0 Å². The van der Waals surface area contributed by atoms with Crippen LogP contribution in [0.5, 0.6) is 0 Å². The number of alkyl halides is 3. The van der Waals surface area contributed by atoms with Crippen molar-refractivity contribution in [3.05, 3.63) is 59.1 Å². The molecule has 0 fully saturated rings. The molecule has 2 N–H and O–H groups in total. The van der Waals surface area contributed by atoms with Gasteiger partial charge in [-0.25, -0.2) is 9.97 Å². The molecule has 0 saturated carbocycles. The molecule has 0 saturated heterocycles. The number of anilines is 3. The maximum Gasteiger partial charge on any atom is 0.416 e. The summed E-state index contributed by atoms with van der Waals surface area (Å²) in [6, 6.07) is 7.58. The molecule has 140 valence electrons. The van der Waals surface area contributed by atoms with Gasteiger partial charge >= 0.3 is 6.18 Å². The number of benzene rings is 1. The first kappa shape index (κ1) is 18.4. The average molecular weight is 377 g/mol. The van der Waals surface area contributed by atoms with Crippen molar-refractivity contribution in [3.8, 4) is 0 Å². The molecule has 0 atom stereocenters. The Morgan fingerprint density at radius 1 is 1.11 bits per heavy atom. The standard InChI is InChI=1S/C17H14F3N5O2/c1-9-6-13(15(26)24-14-7-10(2)27-25-14)23-16(21-9)22-12-5-3-4-11(8-12)17(18,19)20/h3-8H,1-2H3,(H,21,22,23)(H,24,25,26). The summed E-state index contributed by atoms with van der Waals surface area (Å²) >= 11 is 0. The lowest BCUT2D eigenvalue weighted by atomic mass is 10.2. The van der Waals surface area contributed by atoms with Crippen molar-refractivity contribution >= 4 is 23.4 Å². The smallest absolute Gasteiger partial charge is 0.360 e. The van der Waals surface area contributed by atoms with Gasteiger partial charge in [-0.3, -0.25) is 4.79 Å². The van der Waals surface area contributed by atoms with Crippen LogP contribution >= 0.6 is 0 Å². The lowest BCUT2D eigenvalue weighted by molar-refractivity contribution is -0.137. The Morgan fingerprint density at radius 2 is 1.89 bits per heavy atom. The predicted octanol–water partition coefficient (Wildman–Crippen LogP) is 4.10. The van der Waals surface area contributed by atoms with E-state index < -0.39 is 17.6 Å². The van der Waals surface area contributed by atoms with Crippen molar-refractivity contribution in [3.63, 3.8) is 0 Å². The molecule has 7 nitrogen and oxygen atoms in total. The summed E-state index contributed by atoms with van der Waals surface area (Å²) in [5.74, 6) is 0.189. The van der Waals surface area contributed by atoms with Crippen LogP contribution in [-0.2, 0) is 6.18 Å². The van der Waals surface area contributed by atoms with Gasteiger partial charge in [0.1, 0.15) is 11.5 Å². The molecule has 3 rings (SSSR count). The van der Waals surface area contributed by atoms with Crippen LogP contribution in [0.2, 0.25) is 0 Å². The number of halogens is 3. The minimum absolute atomic E-state index is 0.00388. The minimum Gasteiger partial charge on any atom is -0.360 e. The molecule has 2 aromatic heterocycles. The van der Waals surface area contributed by atoms with Gasteiger partial charge in [0, 0.05) is 17.4 Å². The molecular weight excluding hydrogens is 363 g/mol. The van der Waals surface area contributed by atoms with Crippen LogP contribution in [0.4, 0.5) is 30.6 Å². The van der Waals surface area contributed by atoms with Gasteiger partial charge in [0.2, 0.25) is 5.95 Å². The van der Waals surface area contributed by atoms with Crippen LogP contribution in [0.15, 0.2) is 40.9 Å². The molecule has 0 bridgehead atoms. The molecule has 10 heteroatoms. The quantitative estimate of drug-likeness (QED) is 0.711. The average Bonchev–Trinajstić information content (AvgIpc) is 2.98. The number of carbonyl (C=O) groups is 1. The lowest BCUT2D eigenvalue weighted by Crippen LogP contribution is -2.15. The fourth-order valence-electron chi connectivity index (χ4n) is 2.25. The summed E-state index contributed by atoms with van der Waals surface area (Å²) in [5.41, 5.74) is -0.174. The molecule has 2 heterocycles. The van der Waals surface area contributed by atoms with E-state index in [1.54, 1.807) is 13.8 Å². The van der Waals surface area contributed by atoms with E-state index in [1.807, 2.05) is 0 Å². The van der Waals surface area contributed by atoms with Crippen molar-refractivity contribution in [1.82, 2.24) is 15.1 Å². The summed E-state index contributed by atoms with van der Waals surface area (Å²) < 4.78 is 43.3. The zero-order chi connectivity index (χ0) is 19.6. The van der Waals surface area contributed by atoms with Crippen LogP contribution in [0.25, 0.3) is 0 Å². The fraction of sp³-hybridized carbons (Fsp3) is 0.176. The predicted molar refractivity (Wildman–Crippen MR) is 90.7 cm³/mol. The molecule has 0 radical (unpaired) electrons. The topological polar surface area (TPSA) is 92.9 Å². The second kappa shape index (κ2) is 7.06. The Bertz CT molecular complexity index is 985. The van der Waals surface area contributed by atoms with Gasteiger partial charge in [-0.2, -0.15) is 13.2 Å². The first-order valence-corrected chi connectivity index (χ1v) is 7.75. The fourth-order valence-corrected chi connectivity index (χ4v) is 2.25. The van der Waals surface area contributed by atoms with Crippen LogP contribution in [-0.4, -0.2) is 21.0 Å². The number of hydrogen-bond acceptors (Lipinski definition) is 6. The number of aromatic nitrogens is 3. The molecule has 0 aliphatic carbocycles. The number of carbonyl (C=O) groups excluding carboxylic acids is 1. The SMILES string of the molecule is Cc1cc(C(=O)Nc2cc(C)on2)nc(Nc2cccc(C(F)(F)F)c2)n1. The molecule has 0 spiro atoms. The van der Waals surface area contributed by atoms with Gasteiger partial charge in [-0.1, -0.05) is 11.2 Å². The summed E-state index contributed by atoms with van der Waals surface area (Å²) in [7, 11) is 0.